The van der Waals surface area contributed by atoms with Crippen LogP contribution in [0.3, 0.4) is 0 Å². The summed E-state index contributed by atoms with van der Waals surface area (Å²) in [5.74, 6) is 1.87. The lowest BCUT2D eigenvalue weighted by molar-refractivity contribution is -0.0491. The average Bonchev–Trinajstić information content (AvgIpc) is 2.48. The SMILES string of the molecule is CCNC(=NCCN1CCOCC1(C)C)N1CCCC(C)C1.I. The van der Waals surface area contributed by atoms with Gasteiger partial charge in [0.25, 0.3) is 0 Å². The van der Waals surface area contributed by atoms with Crippen molar-refractivity contribution >= 4 is 29.9 Å². The highest BCUT2D eigenvalue weighted by atomic mass is 127. The van der Waals surface area contributed by atoms with Gasteiger partial charge in [0.2, 0.25) is 0 Å². The van der Waals surface area contributed by atoms with E-state index in [1.807, 2.05) is 0 Å². The lowest BCUT2D eigenvalue weighted by Crippen LogP contribution is -2.53. The second-order valence-corrected chi connectivity index (χ2v) is 7.28. The van der Waals surface area contributed by atoms with Gasteiger partial charge in [0, 0.05) is 38.3 Å². The molecule has 136 valence electrons. The van der Waals surface area contributed by atoms with Crippen LogP contribution in [-0.4, -0.2) is 73.8 Å². The van der Waals surface area contributed by atoms with E-state index in [0.29, 0.717) is 0 Å². The molecule has 2 heterocycles. The summed E-state index contributed by atoms with van der Waals surface area (Å²) in [5, 5.41) is 3.46. The summed E-state index contributed by atoms with van der Waals surface area (Å²) in [6.45, 7) is 16.8. The van der Waals surface area contributed by atoms with Crippen LogP contribution >= 0.6 is 24.0 Å². The lowest BCUT2D eigenvalue weighted by atomic mass is 10.0. The Kier molecular flexibility index (Phi) is 9.15. The number of aliphatic imine (C=N–C) groups is 1. The van der Waals surface area contributed by atoms with Gasteiger partial charge in [-0.3, -0.25) is 9.89 Å². The molecule has 0 aliphatic carbocycles. The zero-order chi connectivity index (χ0) is 16.0. The largest absolute Gasteiger partial charge is 0.378 e. The van der Waals surface area contributed by atoms with Crippen LogP contribution in [0.1, 0.15) is 40.5 Å². The molecule has 0 radical (unpaired) electrons. The minimum atomic E-state index is 0. The van der Waals surface area contributed by atoms with E-state index < -0.39 is 0 Å². The predicted octanol–water partition coefficient (Wildman–Crippen LogP) is 2.41. The number of hydrogen-bond donors (Lipinski definition) is 1. The van der Waals surface area contributed by atoms with Crippen molar-refractivity contribution in [2.75, 3.05) is 52.5 Å². The molecule has 0 aromatic heterocycles. The maximum atomic E-state index is 5.59. The van der Waals surface area contributed by atoms with Gasteiger partial charge in [0.1, 0.15) is 0 Å². The quantitative estimate of drug-likeness (QED) is 0.416. The highest BCUT2D eigenvalue weighted by Crippen LogP contribution is 2.18. The zero-order valence-corrected chi connectivity index (χ0v) is 17.6. The van der Waals surface area contributed by atoms with Crippen molar-refractivity contribution in [2.24, 2.45) is 10.9 Å². The molecule has 0 saturated carbocycles. The molecule has 0 amide bonds. The first-order chi connectivity index (χ1) is 10.5. The number of guanidine groups is 1. The van der Waals surface area contributed by atoms with E-state index >= 15 is 0 Å². The van der Waals surface area contributed by atoms with Crippen molar-refractivity contribution in [3.8, 4) is 0 Å². The average molecular weight is 438 g/mol. The number of ether oxygens (including phenoxy) is 1. The van der Waals surface area contributed by atoms with Gasteiger partial charge in [-0.1, -0.05) is 6.92 Å². The topological polar surface area (TPSA) is 40.1 Å². The molecule has 1 atom stereocenters. The normalized spacial score (nSPS) is 25.8. The molecule has 0 spiro atoms. The first-order valence-electron chi connectivity index (χ1n) is 8.89. The fourth-order valence-electron chi connectivity index (χ4n) is 3.39. The summed E-state index contributed by atoms with van der Waals surface area (Å²) in [6.07, 6.45) is 2.62. The number of rotatable bonds is 4. The summed E-state index contributed by atoms with van der Waals surface area (Å²) in [5.41, 5.74) is 0.131. The molecule has 0 aromatic rings. The van der Waals surface area contributed by atoms with Crippen molar-refractivity contribution in [3.63, 3.8) is 0 Å². The Hall–Kier alpha value is -0.0800. The third kappa shape index (κ3) is 6.38. The smallest absolute Gasteiger partial charge is 0.193 e. The molecular weight excluding hydrogens is 403 g/mol. The fraction of sp³-hybridized carbons (Fsp3) is 0.941. The van der Waals surface area contributed by atoms with Crippen LogP contribution in [0.4, 0.5) is 0 Å². The molecule has 0 bridgehead atoms. The zero-order valence-electron chi connectivity index (χ0n) is 15.3. The number of nitrogens with zero attached hydrogens (tertiary/aromatic N) is 3. The summed E-state index contributed by atoms with van der Waals surface area (Å²) < 4.78 is 5.59. The Bertz CT molecular complexity index is 376. The van der Waals surface area contributed by atoms with E-state index in [0.717, 1.165) is 64.4 Å². The van der Waals surface area contributed by atoms with E-state index in [9.17, 15) is 0 Å². The summed E-state index contributed by atoms with van der Waals surface area (Å²) >= 11 is 0. The van der Waals surface area contributed by atoms with Gasteiger partial charge >= 0.3 is 0 Å². The van der Waals surface area contributed by atoms with Crippen LogP contribution in [0.15, 0.2) is 4.99 Å². The Labute approximate surface area is 159 Å². The maximum Gasteiger partial charge on any atom is 0.193 e. The maximum absolute atomic E-state index is 5.59. The van der Waals surface area contributed by atoms with E-state index in [-0.39, 0.29) is 29.5 Å². The van der Waals surface area contributed by atoms with Crippen LogP contribution in [0.25, 0.3) is 0 Å². The van der Waals surface area contributed by atoms with Gasteiger partial charge in [-0.25, -0.2) is 0 Å². The molecule has 0 aromatic carbocycles. The minimum Gasteiger partial charge on any atom is -0.378 e. The molecule has 2 rings (SSSR count). The van der Waals surface area contributed by atoms with Crippen molar-refractivity contribution in [1.82, 2.24) is 15.1 Å². The van der Waals surface area contributed by atoms with Crippen molar-refractivity contribution in [3.05, 3.63) is 0 Å². The van der Waals surface area contributed by atoms with Gasteiger partial charge in [0.05, 0.1) is 19.8 Å². The summed E-state index contributed by atoms with van der Waals surface area (Å²) in [7, 11) is 0. The van der Waals surface area contributed by atoms with E-state index in [2.05, 4.69) is 42.8 Å². The molecule has 2 fully saturated rings. The second kappa shape index (κ2) is 10.0. The summed E-state index contributed by atoms with van der Waals surface area (Å²) in [6, 6.07) is 0. The van der Waals surface area contributed by atoms with Gasteiger partial charge in [-0.2, -0.15) is 0 Å². The Morgan fingerprint density at radius 1 is 1.35 bits per heavy atom. The number of likely N-dealkylation sites (tertiary alicyclic amines) is 1. The number of piperidine rings is 1. The van der Waals surface area contributed by atoms with Crippen molar-refractivity contribution in [1.29, 1.82) is 0 Å². The Morgan fingerprint density at radius 2 is 2.13 bits per heavy atom. The second-order valence-electron chi connectivity index (χ2n) is 7.28. The van der Waals surface area contributed by atoms with Crippen molar-refractivity contribution < 1.29 is 4.74 Å². The van der Waals surface area contributed by atoms with Gasteiger partial charge in [0.15, 0.2) is 5.96 Å². The third-order valence-corrected chi connectivity index (χ3v) is 4.74. The standard InChI is InChI=1S/C17H34N4O.HI/c1-5-18-16(20-9-6-7-15(2)13-20)19-8-10-21-11-12-22-14-17(21,3)4;/h15H,5-14H2,1-4H3,(H,18,19);1H. The van der Waals surface area contributed by atoms with Crippen LogP contribution in [-0.2, 0) is 4.74 Å². The molecule has 1 N–H and O–H groups in total. The monoisotopic (exact) mass is 438 g/mol. The molecule has 2 aliphatic heterocycles. The molecule has 2 aliphatic rings. The van der Waals surface area contributed by atoms with Crippen LogP contribution in [0, 0.1) is 5.92 Å². The lowest BCUT2D eigenvalue weighted by Gasteiger charge is -2.42. The number of nitrogens with one attached hydrogen (secondary N) is 1. The first-order valence-corrected chi connectivity index (χ1v) is 8.89. The first kappa shape index (κ1) is 21.0. The fourth-order valence-corrected chi connectivity index (χ4v) is 3.39. The predicted molar refractivity (Wildman–Crippen MR) is 108 cm³/mol. The van der Waals surface area contributed by atoms with Gasteiger partial charge < -0.3 is 15.0 Å². The van der Waals surface area contributed by atoms with Gasteiger partial charge in [-0.15, -0.1) is 24.0 Å². The number of hydrogen-bond acceptors (Lipinski definition) is 3. The Balaban J connectivity index is 0.00000264. The third-order valence-electron chi connectivity index (χ3n) is 4.74. The molecule has 1 unspecified atom stereocenters. The molecule has 5 nitrogen and oxygen atoms in total. The van der Waals surface area contributed by atoms with Gasteiger partial charge in [-0.05, 0) is 39.5 Å². The number of halogens is 1. The van der Waals surface area contributed by atoms with Crippen LogP contribution in [0.2, 0.25) is 0 Å². The molecule has 6 heteroatoms. The highest BCUT2D eigenvalue weighted by Gasteiger charge is 2.29. The van der Waals surface area contributed by atoms with Crippen LogP contribution < -0.4 is 5.32 Å². The molecule has 23 heavy (non-hydrogen) atoms. The van der Waals surface area contributed by atoms with E-state index in [1.165, 1.54) is 12.8 Å². The van der Waals surface area contributed by atoms with E-state index in [1.54, 1.807) is 0 Å². The Morgan fingerprint density at radius 3 is 2.78 bits per heavy atom. The minimum absolute atomic E-state index is 0. The highest BCUT2D eigenvalue weighted by molar-refractivity contribution is 14.0. The van der Waals surface area contributed by atoms with Crippen LogP contribution in [0.5, 0.6) is 0 Å². The molecule has 2 saturated heterocycles. The van der Waals surface area contributed by atoms with Crippen molar-refractivity contribution in [2.45, 2.75) is 46.1 Å². The summed E-state index contributed by atoms with van der Waals surface area (Å²) in [4.78, 5) is 9.82. The molecular formula is C17H35IN4O. The number of morpholine rings is 1. The van der Waals surface area contributed by atoms with E-state index in [4.69, 9.17) is 9.73 Å².